The Balaban J connectivity index is 1.95. The molecule has 17 heavy (non-hydrogen) atoms. The monoisotopic (exact) mass is 244 g/mol. The van der Waals surface area contributed by atoms with E-state index in [1.165, 1.54) is 5.56 Å². The smallest absolute Gasteiger partial charge is 0.246 e. The number of amides is 1. The molecular formula is C13H12N2OS. The summed E-state index contributed by atoms with van der Waals surface area (Å²) in [5.41, 5.74) is 3.18. The van der Waals surface area contributed by atoms with Gasteiger partial charge in [0.15, 0.2) is 0 Å². The molecule has 0 fully saturated rings. The summed E-state index contributed by atoms with van der Waals surface area (Å²) in [5.74, 6) is 0.120. The van der Waals surface area contributed by atoms with Gasteiger partial charge in [-0.1, -0.05) is 12.1 Å². The molecule has 1 aromatic carbocycles. The molecule has 2 heterocycles. The molecule has 1 N–H and O–H groups in total. The first-order valence-electron chi connectivity index (χ1n) is 5.49. The minimum atomic E-state index is 0.120. The molecule has 4 heteroatoms. The van der Waals surface area contributed by atoms with Crippen molar-refractivity contribution >= 4 is 28.6 Å². The number of hydrogen-bond acceptors (Lipinski definition) is 3. The first-order valence-corrected chi connectivity index (χ1v) is 6.43. The van der Waals surface area contributed by atoms with Crippen LogP contribution in [0.5, 0.6) is 0 Å². The Hall–Kier alpha value is -1.81. The minimum absolute atomic E-state index is 0.120. The summed E-state index contributed by atoms with van der Waals surface area (Å²) >= 11 is 1.66. The zero-order valence-corrected chi connectivity index (χ0v) is 10.0. The van der Waals surface area contributed by atoms with Crippen LogP contribution in [0.1, 0.15) is 5.56 Å². The lowest BCUT2D eigenvalue weighted by Gasteiger charge is -2.29. The summed E-state index contributed by atoms with van der Waals surface area (Å²) in [5, 5.41) is 7.25. The maximum atomic E-state index is 12.0. The Morgan fingerprint density at radius 1 is 1.29 bits per heavy atom. The van der Waals surface area contributed by atoms with E-state index in [2.05, 4.69) is 16.8 Å². The van der Waals surface area contributed by atoms with Gasteiger partial charge < -0.3 is 10.2 Å². The topological polar surface area (TPSA) is 32.3 Å². The summed E-state index contributed by atoms with van der Waals surface area (Å²) in [6, 6.07) is 9.97. The average Bonchev–Trinajstić information content (AvgIpc) is 2.86. The van der Waals surface area contributed by atoms with E-state index in [4.69, 9.17) is 0 Å². The van der Waals surface area contributed by atoms with Gasteiger partial charge in [-0.05, 0) is 34.5 Å². The highest BCUT2D eigenvalue weighted by atomic mass is 32.1. The van der Waals surface area contributed by atoms with Crippen LogP contribution in [0.4, 0.5) is 11.4 Å². The fraction of sp³-hybridized carbons (Fsp3) is 0.154. The SMILES string of the molecule is O=C1CNc2ccccc2N1Cc1ccsc1. The van der Waals surface area contributed by atoms with Crippen LogP contribution in [-0.2, 0) is 11.3 Å². The lowest BCUT2D eigenvalue weighted by molar-refractivity contribution is -0.117. The van der Waals surface area contributed by atoms with Crippen molar-refractivity contribution < 1.29 is 4.79 Å². The van der Waals surface area contributed by atoms with Crippen molar-refractivity contribution in [1.29, 1.82) is 0 Å². The maximum Gasteiger partial charge on any atom is 0.246 e. The molecule has 1 amide bonds. The second-order valence-corrected chi connectivity index (χ2v) is 4.76. The first-order chi connectivity index (χ1) is 8.34. The molecule has 1 aromatic heterocycles. The molecule has 0 saturated carbocycles. The third-order valence-electron chi connectivity index (χ3n) is 2.85. The predicted molar refractivity (Wildman–Crippen MR) is 70.4 cm³/mol. The van der Waals surface area contributed by atoms with Crippen LogP contribution in [-0.4, -0.2) is 12.5 Å². The van der Waals surface area contributed by atoms with Crippen molar-refractivity contribution in [3.8, 4) is 0 Å². The van der Waals surface area contributed by atoms with E-state index in [1.807, 2.05) is 34.5 Å². The Kier molecular flexibility index (Phi) is 2.57. The predicted octanol–water partition coefficient (Wildman–Crippen LogP) is 2.71. The van der Waals surface area contributed by atoms with Crippen molar-refractivity contribution in [2.24, 2.45) is 0 Å². The number of para-hydroxylation sites is 2. The highest BCUT2D eigenvalue weighted by Gasteiger charge is 2.23. The number of carbonyl (C=O) groups is 1. The van der Waals surface area contributed by atoms with Gasteiger partial charge in [0.1, 0.15) is 0 Å². The number of anilines is 2. The summed E-state index contributed by atoms with van der Waals surface area (Å²) < 4.78 is 0. The number of nitrogens with zero attached hydrogens (tertiary/aromatic N) is 1. The largest absolute Gasteiger partial charge is 0.374 e. The van der Waals surface area contributed by atoms with Gasteiger partial charge in [0.05, 0.1) is 24.5 Å². The second kappa shape index (κ2) is 4.22. The lowest BCUT2D eigenvalue weighted by Crippen LogP contribution is -2.39. The molecule has 86 valence electrons. The fourth-order valence-electron chi connectivity index (χ4n) is 2.00. The normalized spacial score (nSPS) is 14.4. The quantitative estimate of drug-likeness (QED) is 0.881. The Labute approximate surface area is 104 Å². The molecule has 3 rings (SSSR count). The van der Waals surface area contributed by atoms with Gasteiger partial charge in [0.25, 0.3) is 0 Å². The van der Waals surface area contributed by atoms with E-state index in [0.717, 1.165) is 11.4 Å². The number of carbonyl (C=O) groups excluding carboxylic acids is 1. The van der Waals surface area contributed by atoms with Gasteiger partial charge in [-0.2, -0.15) is 11.3 Å². The second-order valence-electron chi connectivity index (χ2n) is 3.98. The molecule has 1 aliphatic heterocycles. The minimum Gasteiger partial charge on any atom is -0.374 e. The molecule has 3 nitrogen and oxygen atoms in total. The van der Waals surface area contributed by atoms with Gasteiger partial charge in [-0.15, -0.1) is 0 Å². The maximum absolute atomic E-state index is 12.0. The van der Waals surface area contributed by atoms with Crippen LogP contribution in [0.25, 0.3) is 0 Å². The number of fused-ring (bicyclic) bond motifs is 1. The molecular weight excluding hydrogens is 232 g/mol. The van der Waals surface area contributed by atoms with Gasteiger partial charge >= 0.3 is 0 Å². The molecule has 0 spiro atoms. The van der Waals surface area contributed by atoms with Gasteiger partial charge in [-0.25, -0.2) is 0 Å². The molecule has 0 unspecified atom stereocenters. The lowest BCUT2D eigenvalue weighted by atomic mass is 10.1. The van der Waals surface area contributed by atoms with Gasteiger partial charge in [0.2, 0.25) is 5.91 Å². The summed E-state index contributed by atoms with van der Waals surface area (Å²) in [6.45, 7) is 1.03. The zero-order chi connectivity index (χ0) is 11.7. The number of hydrogen-bond donors (Lipinski definition) is 1. The molecule has 0 aliphatic carbocycles. The Morgan fingerprint density at radius 2 is 2.18 bits per heavy atom. The highest BCUT2D eigenvalue weighted by molar-refractivity contribution is 7.07. The average molecular weight is 244 g/mol. The van der Waals surface area contributed by atoms with Crippen molar-refractivity contribution in [1.82, 2.24) is 0 Å². The van der Waals surface area contributed by atoms with Crippen LogP contribution in [0, 0.1) is 0 Å². The first kappa shape index (κ1) is 10.4. The standard InChI is InChI=1S/C13H12N2OS/c16-13-7-14-11-3-1-2-4-12(11)15(13)8-10-5-6-17-9-10/h1-6,9,14H,7-8H2. The van der Waals surface area contributed by atoms with Crippen molar-refractivity contribution in [2.75, 3.05) is 16.8 Å². The van der Waals surface area contributed by atoms with Gasteiger partial charge in [-0.3, -0.25) is 4.79 Å². The molecule has 0 atom stereocenters. The third kappa shape index (κ3) is 1.91. The van der Waals surface area contributed by atoms with E-state index in [1.54, 1.807) is 11.3 Å². The fourth-order valence-corrected chi connectivity index (χ4v) is 2.66. The van der Waals surface area contributed by atoms with E-state index >= 15 is 0 Å². The van der Waals surface area contributed by atoms with Crippen LogP contribution < -0.4 is 10.2 Å². The van der Waals surface area contributed by atoms with Crippen LogP contribution >= 0.6 is 11.3 Å². The van der Waals surface area contributed by atoms with Crippen molar-refractivity contribution in [3.63, 3.8) is 0 Å². The third-order valence-corrected chi connectivity index (χ3v) is 3.58. The summed E-state index contributed by atoms with van der Waals surface area (Å²) in [4.78, 5) is 13.8. The summed E-state index contributed by atoms with van der Waals surface area (Å²) in [7, 11) is 0. The Bertz CT molecular complexity index is 536. The number of benzene rings is 1. The van der Waals surface area contributed by atoms with Crippen molar-refractivity contribution in [3.05, 3.63) is 46.7 Å². The molecule has 0 bridgehead atoms. The summed E-state index contributed by atoms with van der Waals surface area (Å²) in [6.07, 6.45) is 0. The van der Waals surface area contributed by atoms with E-state index in [-0.39, 0.29) is 5.91 Å². The highest BCUT2D eigenvalue weighted by Crippen LogP contribution is 2.30. The molecule has 2 aromatic rings. The number of nitrogens with one attached hydrogen (secondary N) is 1. The van der Waals surface area contributed by atoms with Crippen LogP contribution in [0.3, 0.4) is 0 Å². The van der Waals surface area contributed by atoms with Crippen LogP contribution in [0.2, 0.25) is 0 Å². The molecule has 0 saturated heterocycles. The Morgan fingerprint density at radius 3 is 3.00 bits per heavy atom. The van der Waals surface area contributed by atoms with Crippen LogP contribution in [0.15, 0.2) is 41.1 Å². The van der Waals surface area contributed by atoms with E-state index < -0.39 is 0 Å². The zero-order valence-electron chi connectivity index (χ0n) is 9.22. The van der Waals surface area contributed by atoms with Crippen molar-refractivity contribution in [2.45, 2.75) is 6.54 Å². The molecule has 1 aliphatic rings. The van der Waals surface area contributed by atoms with Gasteiger partial charge in [0, 0.05) is 0 Å². The number of rotatable bonds is 2. The molecule has 0 radical (unpaired) electrons. The van der Waals surface area contributed by atoms with E-state index in [0.29, 0.717) is 13.1 Å². The van der Waals surface area contributed by atoms with E-state index in [9.17, 15) is 4.79 Å². The number of thiophene rings is 1.